The zero-order valence-electron chi connectivity index (χ0n) is 33.3. The van der Waals surface area contributed by atoms with E-state index in [0.29, 0.717) is 85.3 Å². The Bertz CT molecular complexity index is 1060. The van der Waals surface area contributed by atoms with Crippen molar-refractivity contribution in [2.45, 2.75) is 110 Å². The Labute approximate surface area is 325 Å². The molecule has 5 N–H and O–H groups in total. The second-order valence-corrected chi connectivity index (χ2v) is 12.0. The van der Waals surface area contributed by atoms with Crippen molar-refractivity contribution >= 4 is 41.2 Å². The molecule has 320 valence electrons. The minimum atomic E-state index is -1.15. The third-order valence-electron chi connectivity index (χ3n) is 7.29. The van der Waals surface area contributed by atoms with E-state index < -0.39 is 24.0 Å². The third kappa shape index (κ3) is 37.2. The molecule has 0 aromatic carbocycles. The fourth-order valence-corrected chi connectivity index (χ4v) is 4.24. The molecule has 18 heteroatoms. The van der Waals surface area contributed by atoms with Gasteiger partial charge < -0.3 is 54.6 Å². The van der Waals surface area contributed by atoms with Gasteiger partial charge in [0.2, 0.25) is 17.7 Å². The lowest BCUT2D eigenvalue weighted by atomic mass is 10.1. The molecule has 3 amide bonds. The predicted molar refractivity (Wildman–Crippen MR) is 201 cm³/mol. The molecule has 0 aliphatic rings. The van der Waals surface area contributed by atoms with Crippen LogP contribution < -0.4 is 16.0 Å². The van der Waals surface area contributed by atoms with E-state index in [1.54, 1.807) is 13.8 Å². The fraction of sp³-hybridized carbons (Fsp3) is 0.811. The van der Waals surface area contributed by atoms with Crippen LogP contribution in [0.3, 0.4) is 0 Å². The van der Waals surface area contributed by atoms with Gasteiger partial charge in [0.05, 0.1) is 46.2 Å². The lowest BCUT2D eigenvalue weighted by molar-refractivity contribution is -0.142. The summed E-state index contributed by atoms with van der Waals surface area (Å²) in [6.45, 7) is 12.8. The van der Waals surface area contributed by atoms with Gasteiger partial charge in [-0.05, 0) is 39.0 Å². The average molecular weight is 794 g/mol. The molecule has 0 aliphatic carbocycles. The van der Waals surface area contributed by atoms with Gasteiger partial charge in [0.1, 0.15) is 30.3 Å². The molecule has 0 aromatic heterocycles. The monoisotopic (exact) mass is 793 g/mol. The second kappa shape index (κ2) is 38.7. The van der Waals surface area contributed by atoms with E-state index in [4.69, 9.17) is 38.6 Å². The molecule has 0 fully saturated rings. The zero-order chi connectivity index (χ0) is 41.5. The Morgan fingerprint density at radius 1 is 0.491 bits per heavy atom. The van der Waals surface area contributed by atoms with Crippen molar-refractivity contribution in [1.29, 1.82) is 0 Å². The van der Waals surface area contributed by atoms with Crippen molar-refractivity contribution in [2.24, 2.45) is 0 Å². The average Bonchev–Trinajstić information content (AvgIpc) is 3.16. The molecule has 0 heterocycles. The van der Waals surface area contributed by atoms with Crippen LogP contribution in [-0.2, 0) is 62.0 Å². The van der Waals surface area contributed by atoms with Gasteiger partial charge in [0.25, 0.3) is 0 Å². The highest BCUT2D eigenvalue weighted by molar-refractivity contribution is 5.85. The van der Waals surface area contributed by atoms with Crippen LogP contribution in [0.1, 0.15) is 98.3 Å². The highest BCUT2D eigenvalue weighted by Crippen LogP contribution is 2.05. The molecule has 0 spiro atoms. The number of nitrogens with one attached hydrogen (secondary N) is 3. The Morgan fingerprint density at radius 3 is 1.33 bits per heavy atom. The molecule has 55 heavy (non-hydrogen) atoms. The summed E-state index contributed by atoms with van der Waals surface area (Å²) in [4.78, 5) is 79.8. The van der Waals surface area contributed by atoms with Crippen LogP contribution in [-0.4, -0.2) is 149 Å². The van der Waals surface area contributed by atoms with Crippen LogP contribution in [0.4, 0.5) is 0 Å². The Hall–Kier alpha value is -3.55. The van der Waals surface area contributed by atoms with Gasteiger partial charge >= 0.3 is 11.9 Å². The summed E-state index contributed by atoms with van der Waals surface area (Å²) in [5.41, 5.74) is 0. The Balaban J connectivity index is 0. The van der Waals surface area contributed by atoms with E-state index in [1.165, 1.54) is 0 Å². The molecule has 2 unspecified atom stereocenters. The van der Waals surface area contributed by atoms with Gasteiger partial charge in [-0.3, -0.25) is 24.0 Å². The molecule has 0 aromatic rings. The largest absolute Gasteiger partial charge is 0.480 e. The Morgan fingerprint density at radius 2 is 0.909 bits per heavy atom. The normalized spacial score (nSPS) is 11.8. The number of hydrogen-bond acceptors (Lipinski definition) is 13. The summed E-state index contributed by atoms with van der Waals surface area (Å²) in [5.74, 6) is -3.30. The number of aliphatic carboxylic acids is 2. The van der Waals surface area contributed by atoms with E-state index in [9.17, 15) is 33.6 Å². The van der Waals surface area contributed by atoms with Gasteiger partial charge in [0.15, 0.2) is 0 Å². The Kier molecular flexibility index (Phi) is 37.7. The van der Waals surface area contributed by atoms with E-state index in [1.807, 2.05) is 13.8 Å². The summed E-state index contributed by atoms with van der Waals surface area (Å²) in [6.07, 6.45) is 3.51. The van der Waals surface area contributed by atoms with Crippen molar-refractivity contribution in [2.75, 3.05) is 85.8 Å². The van der Waals surface area contributed by atoms with Gasteiger partial charge in [-0.2, -0.15) is 0 Å². The first-order valence-electron chi connectivity index (χ1n) is 19.2. The van der Waals surface area contributed by atoms with Crippen molar-refractivity contribution in [3.8, 4) is 0 Å². The summed E-state index contributed by atoms with van der Waals surface area (Å²) in [6, 6.07) is -2.05. The minimum absolute atomic E-state index is 0.0205. The first kappa shape index (κ1) is 53.6. The number of carbonyl (C=O) groups excluding carboxylic acids is 5. The second-order valence-electron chi connectivity index (χ2n) is 12.0. The smallest absolute Gasteiger partial charge is 0.326 e. The standard InChI is InChI=1S/C21H38N2O9.C16H29NO6/c1-3-19(25)23-18(21(27)28)8-7-17(24)6-5-10-30-14-15-32-16-20(26)22-9-11-31-13-12-29-4-2;1-3-9-22-11-12-23-10-5-6-13(18)7-8-14(16(20)21)17-15(19)4-2/h18H,3-16H2,1-2H3,(H,22,26)(H,23,25)(H,27,28);14H,3-12H2,1-2H3,(H,17,19)(H,20,21). The quantitative estimate of drug-likeness (QED) is 0.0563. The summed E-state index contributed by atoms with van der Waals surface area (Å²) in [7, 11) is 0. The molecule has 2 atom stereocenters. The maximum absolute atomic E-state index is 11.9. The highest BCUT2D eigenvalue weighted by atomic mass is 16.5. The van der Waals surface area contributed by atoms with Crippen LogP contribution in [0.15, 0.2) is 0 Å². The van der Waals surface area contributed by atoms with Crippen molar-refractivity contribution in [1.82, 2.24) is 16.0 Å². The molecular weight excluding hydrogens is 726 g/mol. The van der Waals surface area contributed by atoms with Crippen LogP contribution in [0.5, 0.6) is 0 Å². The SMILES string of the molecule is CCCOCCOCCCC(=O)CCC(NC(=O)CC)C(=O)O.CCOCCOCCNC(=O)COCCOCCCC(=O)CCC(NC(=O)CC)C(=O)O. The summed E-state index contributed by atoms with van der Waals surface area (Å²) < 4.78 is 31.5. The van der Waals surface area contributed by atoms with Crippen LogP contribution in [0, 0.1) is 0 Å². The third-order valence-corrected chi connectivity index (χ3v) is 7.29. The van der Waals surface area contributed by atoms with E-state index in [0.717, 1.165) is 13.0 Å². The molecule has 0 rings (SSSR count). The van der Waals surface area contributed by atoms with Gasteiger partial charge in [-0.1, -0.05) is 20.8 Å². The number of carboxylic acid groups (broad SMARTS) is 2. The number of carboxylic acids is 2. The maximum atomic E-state index is 11.9. The van der Waals surface area contributed by atoms with Gasteiger partial charge in [0, 0.05) is 71.5 Å². The van der Waals surface area contributed by atoms with E-state index in [2.05, 4.69) is 16.0 Å². The van der Waals surface area contributed by atoms with Gasteiger partial charge in [-0.15, -0.1) is 0 Å². The van der Waals surface area contributed by atoms with Crippen LogP contribution in [0.2, 0.25) is 0 Å². The van der Waals surface area contributed by atoms with Gasteiger partial charge in [-0.25, -0.2) is 9.59 Å². The van der Waals surface area contributed by atoms with Crippen molar-refractivity contribution in [3.05, 3.63) is 0 Å². The molecule has 0 saturated heterocycles. The topological polar surface area (TPSA) is 251 Å². The summed E-state index contributed by atoms with van der Waals surface area (Å²) >= 11 is 0. The molecule has 0 radical (unpaired) electrons. The number of carbonyl (C=O) groups is 7. The van der Waals surface area contributed by atoms with Crippen molar-refractivity contribution < 1.29 is 72.2 Å². The first-order chi connectivity index (χ1) is 26.4. The first-order valence-corrected chi connectivity index (χ1v) is 19.2. The van der Waals surface area contributed by atoms with Crippen molar-refractivity contribution in [3.63, 3.8) is 0 Å². The predicted octanol–water partition coefficient (Wildman–Crippen LogP) is 1.84. The molecule has 0 bridgehead atoms. The molecule has 0 saturated carbocycles. The lowest BCUT2D eigenvalue weighted by Gasteiger charge is -2.13. The zero-order valence-corrected chi connectivity index (χ0v) is 33.3. The molecule has 0 aliphatic heterocycles. The minimum Gasteiger partial charge on any atom is -0.480 e. The highest BCUT2D eigenvalue weighted by Gasteiger charge is 2.21. The fourth-order valence-electron chi connectivity index (χ4n) is 4.24. The lowest BCUT2D eigenvalue weighted by Crippen LogP contribution is -2.40. The summed E-state index contributed by atoms with van der Waals surface area (Å²) in [5, 5.41) is 25.5. The van der Waals surface area contributed by atoms with Crippen LogP contribution >= 0.6 is 0 Å². The maximum Gasteiger partial charge on any atom is 0.326 e. The number of ketones is 2. The number of amides is 3. The number of Topliss-reactive ketones (excluding diaryl/α,β-unsaturated/α-hetero) is 2. The van der Waals surface area contributed by atoms with E-state index in [-0.39, 0.29) is 87.4 Å². The number of ether oxygens (including phenoxy) is 6. The van der Waals surface area contributed by atoms with Crippen LogP contribution in [0.25, 0.3) is 0 Å². The number of rotatable bonds is 37. The van der Waals surface area contributed by atoms with E-state index >= 15 is 0 Å². The molecule has 18 nitrogen and oxygen atoms in total. The number of hydrogen-bond donors (Lipinski definition) is 5. The molecular formula is C37H67N3O15.